The second-order valence-electron chi connectivity index (χ2n) is 8.24. The number of fused-ring (bicyclic) bond motifs is 1. The summed E-state index contributed by atoms with van der Waals surface area (Å²) in [5.41, 5.74) is 5.28. The molecule has 1 aliphatic carbocycles. The molecule has 7 nitrogen and oxygen atoms in total. The minimum atomic E-state index is -1.34. The van der Waals surface area contributed by atoms with Crippen molar-refractivity contribution in [1.29, 1.82) is 0 Å². The van der Waals surface area contributed by atoms with Gasteiger partial charge in [-0.3, -0.25) is 4.79 Å². The summed E-state index contributed by atoms with van der Waals surface area (Å²) in [6.07, 6.45) is 4.76. The standard InChI is InChI=1S/C20H21ClFN3O4/c21-15-16-11(18(26)12(19(27)28)7-25(16)10-2-3-10)6-13(22)17(15)24-8-14(23)20(9-24)4-1-5-29-20/h6-7,10,14H,1-5,8-9,23H2,(H,27,28)/t14-,20-/m1/s1. The predicted molar refractivity (Wildman–Crippen MR) is 107 cm³/mol. The molecule has 0 amide bonds. The number of aromatic carboxylic acids is 1. The zero-order valence-electron chi connectivity index (χ0n) is 15.7. The minimum absolute atomic E-state index is 0.0154. The maximum atomic E-state index is 15.2. The van der Waals surface area contributed by atoms with Crippen LogP contribution in [0.4, 0.5) is 10.1 Å². The van der Waals surface area contributed by atoms with Gasteiger partial charge in [0.25, 0.3) is 0 Å². The van der Waals surface area contributed by atoms with E-state index in [0.717, 1.165) is 31.7 Å². The van der Waals surface area contributed by atoms with Gasteiger partial charge in [-0.25, -0.2) is 9.18 Å². The molecule has 2 atom stereocenters. The highest BCUT2D eigenvalue weighted by Gasteiger charge is 2.49. The van der Waals surface area contributed by atoms with Crippen molar-refractivity contribution >= 4 is 34.2 Å². The van der Waals surface area contributed by atoms with Crippen molar-refractivity contribution in [2.75, 3.05) is 24.6 Å². The van der Waals surface area contributed by atoms with Crippen LogP contribution in [0.1, 0.15) is 42.1 Å². The van der Waals surface area contributed by atoms with Gasteiger partial charge >= 0.3 is 5.97 Å². The van der Waals surface area contributed by atoms with Crippen molar-refractivity contribution in [3.05, 3.63) is 38.9 Å². The number of hydrogen-bond donors (Lipinski definition) is 2. The van der Waals surface area contributed by atoms with Crippen LogP contribution in [0, 0.1) is 5.82 Å². The highest BCUT2D eigenvalue weighted by Crippen LogP contribution is 2.44. The van der Waals surface area contributed by atoms with Crippen LogP contribution < -0.4 is 16.1 Å². The van der Waals surface area contributed by atoms with Crippen LogP contribution in [0.25, 0.3) is 10.9 Å². The summed E-state index contributed by atoms with van der Waals surface area (Å²) in [5.74, 6) is -2.00. The fraction of sp³-hybridized carbons (Fsp3) is 0.500. The van der Waals surface area contributed by atoms with Gasteiger partial charge in [-0.2, -0.15) is 0 Å². The Hall–Kier alpha value is -2.16. The first-order chi connectivity index (χ1) is 13.8. The quantitative estimate of drug-likeness (QED) is 0.790. The molecule has 2 aliphatic heterocycles. The lowest BCUT2D eigenvalue weighted by Gasteiger charge is -2.27. The summed E-state index contributed by atoms with van der Waals surface area (Å²) in [4.78, 5) is 26.0. The SMILES string of the molecule is N[C@@H]1CN(c2c(F)cc3c(=O)c(C(=O)O)cn(C4CC4)c3c2Cl)C[C@]12CCCO2. The number of aromatic nitrogens is 1. The lowest BCUT2D eigenvalue weighted by Crippen LogP contribution is -2.46. The number of nitrogens with zero attached hydrogens (tertiary/aromatic N) is 2. The third-order valence-electron chi connectivity index (χ3n) is 6.36. The Kier molecular flexibility index (Phi) is 4.17. The van der Waals surface area contributed by atoms with Crippen LogP contribution >= 0.6 is 11.6 Å². The lowest BCUT2D eigenvalue weighted by molar-refractivity contribution is 0.0108. The summed E-state index contributed by atoms with van der Waals surface area (Å²) in [6, 6.07) is 0.893. The van der Waals surface area contributed by atoms with Gasteiger partial charge in [0, 0.05) is 31.9 Å². The fourth-order valence-corrected chi connectivity index (χ4v) is 5.14. The summed E-state index contributed by atoms with van der Waals surface area (Å²) >= 11 is 6.68. The number of benzene rings is 1. The Labute approximate surface area is 170 Å². The molecule has 1 aromatic carbocycles. The van der Waals surface area contributed by atoms with Crippen LogP contribution in [0.5, 0.6) is 0 Å². The van der Waals surface area contributed by atoms with Gasteiger partial charge < -0.3 is 25.0 Å². The third kappa shape index (κ3) is 2.77. The van der Waals surface area contributed by atoms with Gasteiger partial charge in [-0.15, -0.1) is 0 Å². The maximum absolute atomic E-state index is 15.2. The van der Waals surface area contributed by atoms with E-state index in [2.05, 4.69) is 0 Å². The second-order valence-corrected chi connectivity index (χ2v) is 8.61. The minimum Gasteiger partial charge on any atom is -0.477 e. The Morgan fingerprint density at radius 3 is 2.79 bits per heavy atom. The van der Waals surface area contributed by atoms with E-state index in [9.17, 15) is 14.7 Å². The molecule has 3 N–H and O–H groups in total. The van der Waals surface area contributed by atoms with Crippen molar-refractivity contribution < 1.29 is 19.0 Å². The molecule has 5 rings (SSSR count). The number of hydrogen-bond acceptors (Lipinski definition) is 5. The van der Waals surface area contributed by atoms with E-state index in [4.69, 9.17) is 22.1 Å². The average molecular weight is 422 g/mol. The smallest absolute Gasteiger partial charge is 0.341 e. The van der Waals surface area contributed by atoms with E-state index in [0.29, 0.717) is 25.2 Å². The van der Waals surface area contributed by atoms with Gasteiger partial charge in [0.1, 0.15) is 17.0 Å². The molecule has 1 saturated carbocycles. The molecule has 0 radical (unpaired) electrons. The van der Waals surface area contributed by atoms with Gasteiger partial charge in [0.15, 0.2) is 0 Å². The third-order valence-corrected chi connectivity index (χ3v) is 6.71. The molecule has 0 bridgehead atoms. The zero-order valence-corrected chi connectivity index (χ0v) is 16.4. The number of carbonyl (C=O) groups is 1. The molecule has 1 spiro atoms. The maximum Gasteiger partial charge on any atom is 0.341 e. The second kappa shape index (κ2) is 6.42. The van der Waals surface area contributed by atoms with E-state index in [-0.39, 0.29) is 33.7 Å². The number of rotatable bonds is 3. The molecule has 1 aromatic heterocycles. The van der Waals surface area contributed by atoms with Crippen LogP contribution in [0.2, 0.25) is 5.02 Å². The molecule has 154 valence electrons. The Balaban J connectivity index is 1.70. The van der Waals surface area contributed by atoms with Gasteiger partial charge in [-0.1, -0.05) is 11.6 Å². The fourth-order valence-electron chi connectivity index (χ4n) is 4.73. The first kappa shape index (κ1) is 18.8. The van der Waals surface area contributed by atoms with Gasteiger partial charge in [0.2, 0.25) is 5.43 Å². The van der Waals surface area contributed by atoms with Crippen LogP contribution in [0.3, 0.4) is 0 Å². The first-order valence-corrected chi connectivity index (χ1v) is 10.1. The Morgan fingerprint density at radius 1 is 1.41 bits per heavy atom. The molecule has 9 heteroatoms. The molecule has 3 fully saturated rings. The monoisotopic (exact) mass is 421 g/mol. The van der Waals surface area contributed by atoms with Crippen LogP contribution in [-0.2, 0) is 4.74 Å². The van der Waals surface area contributed by atoms with Crippen molar-refractivity contribution in [2.45, 2.75) is 43.4 Å². The molecular formula is C20H21ClFN3O4. The van der Waals surface area contributed by atoms with E-state index < -0.39 is 22.8 Å². The number of pyridine rings is 1. The van der Waals surface area contributed by atoms with E-state index in [1.165, 1.54) is 6.20 Å². The van der Waals surface area contributed by atoms with Crippen molar-refractivity contribution in [1.82, 2.24) is 4.57 Å². The normalized spacial score (nSPS) is 26.7. The van der Waals surface area contributed by atoms with E-state index >= 15 is 4.39 Å². The Morgan fingerprint density at radius 2 is 2.17 bits per heavy atom. The Bertz CT molecular complexity index is 1090. The van der Waals surface area contributed by atoms with Gasteiger partial charge in [0.05, 0.1) is 27.7 Å². The highest BCUT2D eigenvalue weighted by atomic mass is 35.5. The topological polar surface area (TPSA) is 97.8 Å². The number of anilines is 1. The summed E-state index contributed by atoms with van der Waals surface area (Å²) < 4.78 is 22.8. The van der Waals surface area contributed by atoms with E-state index in [1.54, 1.807) is 9.47 Å². The van der Waals surface area contributed by atoms with Crippen molar-refractivity contribution in [3.8, 4) is 0 Å². The summed E-state index contributed by atoms with van der Waals surface area (Å²) in [7, 11) is 0. The average Bonchev–Trinajstić information content (AvgIpc) is 3.32. The van der Waals surface area contributed by atoms with E-state index in [1.807, 2.05) is 0 Å². The number of ether oxygens (including phenoxy) is 1. The highest BCUT2D eigenvalue weighted by molar-refractivity contribution is 6.38. The number of carboxylic acids is 1. The zero-order chi connectivity index (χ0) is 20.5. The number of nitrogens with two attached hydrogens (primary N) is 1. The summed E-state index contributed by atoms with van der Waals surface area (Å²) in [5, 5.41) is 9.49. The lowest BCUT2D eigenvalue weighted by atomic mass is 9.95. The van der Waals surface area contributed by atoms with Crippen molar-refractivity contribution in [3.63, 3.8) is 0 Å². The molecule has 3 heterocycles. The van der Waals surface area contributed by atoms with Gasteiger partial charge in [-0.05, 0) is 31.7 Å². The van der Waals surface area contributed by atoms with Crippen LogP contribution in [0.15, 0.2) is 17.1 Å². The van der Waals surface area contributed by atoms with Crippen molar-refractivity contribution in [2.24, 2.45) is 5.73 Å². The number of carboxylic acid groups (broad SMARTS) is 1. The molecular weight excluding hydrogens is 401 g/mol. The molecule has 29 heavy (non-hydrogen) atoms. The first-order valence-electron chi connectivity index (χ1n) is 9.77. The summed E-state index contributed by atoms with van der Waals surface area (Å²) in [6.45, 7) is 1.45. The number of halogens is 2. The largest absolute Gasteiger partial charge is 0.477 e. The molecule has 0 unspecified atom stereocenters. The van der Waals surface area contributed by atoms with Crippen LogP contribution in [-0.4, -0.2) is 47.0 Å². The predicted octanol–water partition coefficient (Wildman–Crippen LogP) is 2.52. The molecule has 2 saturated heterocycles. The molecule has 2 aromatic rings. The molecule has 3 aliphatic rings.